The molecule has 0 aromatic heterocycles. The van der Waals surface area contributed by atoms with Gasteiger partial charge in [-0.1, -0.05) is 29.6 Å². The van der Waals surface area contributed by atoms with E-state index in [2.05, 4.69) is 0 Å². The highest BCUT2D eigenvalue weighted by atomic mass is 35.5. The predicted octanol–water partition coefficient (Wildman–Crippen LogP) is 3.91. The molecule has 1 saturated heterocycles. The zero-order valence-electron chi connectivity index (χ0n) is 10.2. The number of halogens is 3. The highest BCUT2D eigenvalue weighted by Crippen LogP contribution is 2.33. The van der Waals surface area contributed by atoms with Crippen molar-refractivity contribution in [2.45, 2.75) is 30.0 Å². The minimum atomic E-state index is -3.59. The third-order valence-electron chi connectivity index (χ3n) is 3.16. The van der Waals surface area contributed by atoms with E-state index in [1.54, 1.807) is 6.07 Å². The first-order chi connectivity index (χ1) is 8.96. The Bertz CT molecular complexity index is 569. The molecule has 1 aromatic rings. The van der Waals surface area contributed by atoms with Crippen molar-refractivity contribution in [2.75, 3.05) is 13.1 Å². The van der Waals surface area contributed by atoms with Crippen molar-refractivity contribution < 1.29 is 8.42 Å². The topological polar surface area (TPSA) is 37.4 Å². The summed E-state index contributed by atoms with van der Waals surface area (Å²) in [6.07, 6.45) is 2.81. The van der Waals surface area contributed by atoms with Crippen LogP contribution in [0.4, 0.5) is 0 Å². The van der Waals surface area contributed by atoms with E-state index in [1.165, 1.54) is 10.4 Å². The number of rotatable bonds is 3. The Morgan fingerprint density at radius 2 is 1.74 bits per heavy atom. The van der Waals surface area contributed by atoms with Crippen molar-refractivity contribution in [3.05, 3.63) is 27.7 Å². The smallest absolute Gasteiger partial charge is 0.207 e. The summed E-state index contributed by atoms with van der Waals surface area (Å²) in [5, 5.41) is 0.501. The minimum Gasteiger partial charge on any atom is -0.207 e. The van der Waals surface area contributed by atoms with Crippen molar-refractivity contribution in [1.29, 1.82) is 0 Å². The van der Waals surface area contributed by atoms with Gasteiger partial charge in [0.1, 0.15) is 4.90 Å². The van der Waals surface area contributed by atoms with Gasteiger partial charge in [0.2, 0.25) is 10.0 Å². The van der Waals surface area contributed by atoms with Gasteiger partial charge in [0.15, 0.2) is 0 Å². The van der Waals surface area contributed by atoms with Crippen molar-refractivity contribution >= 4 is 44.8 Å². The normalized spacial score (nSPS) is 17.6. The lowest BCUT2D eigenvalue weighted by molar-refractivity contribution is 0.346. The molecule has 1 aliphatic rings. The molecule has 7 heteroatoms. The molecule has 0 saturated carbocycles. The van der Waals surface area contributed by atoms with Gasteiger partial charge in [0, 0.05) is 24.0 Å². The molecule has 0 radical (unpaired) electrons. The number of hydrogen-bond acceptors (Lipinski definition) is 2. The van der Waals surface area contributed by atoms with Gasteiger partial charge in [-0.3, -0.25) is 0 Å². The van der Waals surface area contributed by atoms with Crippen LogP contribution in [0.15, 0.2) is 17.0 Å². The molecule has 2 rings (SSSR count). The van der Waals surface area contributed by atoms with Gasteiger partial charge in [0.25, 0.3) is 0 Å². The fourth-order valence-corrected chi connectivity index (χ4v) is 4.85. The molecule has 0 spiro atoms. The fraction of sp³-hybridized carbons (Fsp3) is 0.500. The van der Waals surface area contributed by atoms with Gasteiger partial charge >= 0.3 is 0 Å². The highest BCUT2D eigenvalue weighted by molar-refractivity contribution is 7.89. The monoisotopic (exact) mass is 341 g/mol. The zero-order valence-corrected chi connectivity index (χ0v) is 13.3. The average Bonchev–Trinajstić information content (AvgIpc) is 2.41. The first-order valence-electron chi connectivity index (χ1n) is 6.01. The Kier molecular flexibility index (Phi) is 5.01. The van der Waals surface area contributed by atoms with Gasteiger partial charge < -0.3 is 0 Å². The van der Waals surface area contributed by atoms with Crippen LogP contribution in [0.2, 0.25) is 10.0 Å². The quantitative estimate of drug-likeness (QED) is 0.781. The summed E-state index contributed by atoms with van der Waals surface area (Å²) in [4.78, 5) is 0.0548. The summed E-state index contributed by atoms with van der Waals surface area (Å²) in [7, 11) is -3.59. The van der Waals surface area contributed by atoms with Crippen molar-refractivity contribution in [2.24, 2.45) is 0 Å². The molecule has 1 aromatic carbocycles. The maximum Gasteiger partial charge on any atom is 0.244 e. The lowest BCUT2D eigenvalue weighted by atomic mass is 10.2. The number of nitrogens with zero attached hydrogens (tertiary/aromatic N) is 1. The van der Waals surface area contributed by atoms with Gasteiger partial charge in [-0.15, -0.1) is 11.6 Å². The van der Waals surface area contributed by atoms with Crippen molar-refractivity contribution in [3.8, 4) is 0 Å². The van der Waals surface area contributed by atoms with Crippen LogP contribution in [0, 0.1) is 0 Å². The van der Waals surface area contributed by atoms with Crippen LogP contribution < -0.4 is 0 Å². The summed E-state index contributed by atoms with van der Waals surface area (Å²) >= 11 is 17.8. The molecule has 0 unspecified atom stereocenters. The third-order valence-corrected chi connectivity index (χ3v) is 6.14. The van der Waals surface area contributed by atoms with Crippen molar-refractivity contribution in [3.63, 3.8) is 0 Å². The average molecular weight is 343 g/mol. The van der Waals surface area contributed by atoms with E-state index in [1.807, 2.05) is 0 Å². The number of piperidine rings is 1. The van der Waals surface area contributed by atoms with Crippen LogP contribution in [0.25, 0.3) is 0 Å². The Hall–Kier alpha value is -0.000000000000000132. The molecule has 1 heterocycles. The summed E-state index contributed by atoms with van der Waals surface area (Å²) in [5.74, 6) is 0.127. The Morgan fingerprint density at radius 3 is 2.32 bits per heavy atom. The largest absolute Gasteiger partial charge is 0.244 e. The second-order valence-electron chi connectivity index (χ2n) is 4.48. The molecule has 19 heavy (non-hydrogen) atoms. The Labute approximate surface area is 128 Å². The fourth-order valence-electron chi connectivity index (χ4n) is 2.15. The lowest BCUT2D eigenvalue weighted by Gasteiger charge is -2.26. The molecule has 0 amide bonds. The van der Waals surface area contributed by atoms with Gasteiger partial charge in [-0.2, -0.15) is 4.31 Å². The summed E-state index contributed by atoms with van der Waals surface area (Å²) in [6, 6.07) is 2.98. The molecular formula is C12H14Cl3NO2S. The Morgan fingerprint density at radius 1 is 1.11 bits per heavy atom. The molecule has 1 fully saturated rings. The van der Waals surface area contributed by atoms with Gasteiger partial charge in [-0.25, -0.2) is 8.42 Å². The SMILES string of the molecule is O=S(=O)(c1cc(Cl)cc(CCl)c1Cl)N1CCCCC1. The standard InChI is InChI=1S/C12H14Cl3NO2S/c13-8-9-6-10(14)7-11(12(9)15)19(17,18)16-4-2-1-3-5-16/h6-7H,1-5,8H2. The van der Waals surface area contributed by atoms with E-state index in [9.17, 15) is 8.42 Å². The molecule has 3 nitrogen and oxygen atoms in total. The number of sulfonamides is 1. The third kappa shape index (κ3) is 3.19. The lowest BCUT2D eigenvalue weighted by Crippen LogP contribution is -2.35. The molecule has 0 N–H and O–H groups in total. The molecule has 0 aliphatic carbocycles. The second kappa shape index (κ2) is 6.19. The number of alkyl halides is 1. The maximum atomic E-state index is 12.6. The molecule has 106 valence electrons. The minimum absolute atomic E-state index is 0.0548. The molecule has 0 bridgehead atoms. The first kappa shape index (κ1) is 15.4. The van der Waals surface area contributed by atoms with Gasteiger partial charge in [0.05, 0.1) is 5.02 Å². The van der Waals surface area contributed by atoms with E-state index >= 15 is 0 Å². The number of hydrogen-bond donors (Lipinski definition) is 0. The summed E-state index contributed by atoms with van der Waals surface area (Å²) in [5.41, 5.74) is 0.534. The summed E-state index contributed by atoms with van der Waals surface area (Å²) in [6.45, 7) is 1.06. The first-order valence-corrected chi connectivity index (χ1v) is 8.74. The van der Waals surface area contributed by atoms with Crippen molar-refractivity contribution in [1.82, 2.24) is 4.31 Å². The van der Waals surface area contributed by atoms with E-state index < -0.39 is 10.0 Å². The maximum absolute atomic E-state index is 12.6. The predicted molar refractivity (Wildman–Crippen MR) is 78.6 cm³/mol. The van der Waals surface area contributed by atoms with E-state index in [-0.39, 0.29) is 15.8 Å². The van der Waals surface area contributed by atoms with Crippen LogP contribution in [-0.2, 0) is 15.9 Å². The Balaban J connectivity index is 2.47. The number of benzene rings is 1. The van der Waals surface area contributed by atoms with E-state index in [0.29, 0.717) is 23.7 Å². The van der Waals surface area contributed by atoms with Crippen LogP contribution in [0.3, 0.4) is 0 Å². The zero-order chi connectivity index (χ0) is 14.0. The highest BCUT2D eigenvalue weighted by Gasteiger charge is 2.29. The van der Waals surface area contributed by atoms with Crippen LogP contribution >= 0.6 is 34.8 Å². The molecule has 1 aliphatic heterocycles. The molecular weight excluding hydrogens is 329 g/mol. The van der Waals surface area contributed by atoms with E-state index in [0.717, 1.165) is 19.3 Å². The van der Waals surface area contributed by atoms with E-state index in [4.69, 9.17) is 34.8 Å². The van der Waals surface area contributed by atoms with Crippen LogP contribution in [0.5, 0.6) is 0 Å². The van der Waals surface area contributed by atoms with Crippen LogP contribution in [0.1, 0.15) is 24.8 Å². The second-order valence-corrected chi connectivity index (χ2v) is 7.46. The summed E-state index contributed by atoms with van der Waals surface area (Å²) < 4.78 is 26.6. The molecule has 0 atom stereocenters. The van der Waals surface area contributed by atoms with Gasteiger partial charge in [-0.05, 0) is 30.5 Å². The van der Waals surface area contributed by atoms with Crippen LogP contribution in [-0.4, -0.2) is 25.8 Å².